The van der Waals surface area contributed by atoms with Crippen LogP contribution in [0.4, 0.5) is 4.79 Å². The number of β-amino-alcohol motifs (C(OH)–C–C–N with tert-alkyl or cyclic N) is 4. The maximum Gasteiger partial charge on any atom is 0.409 e. The zero-order valence-corrected chi connectivity index (χ0v) is 51.2. The van der Waals surface area contributed by atoms with Gasteiger partial charge in [-0.3, -0.25) is 19.6 Å². The summed E-state index contributed by atoms with van der Waals surface area (Å²) in [7, 11) is 0. The van der Waals surface area contributed by atoms with Crippen molar-refractivity contribution in [2.45, 2.75) is 55.8 Å². The van der Waals surface area contributed by atoms with Gasteiger partial charge in [0.15, 0.2) is 0 Å². The Balaban J connectivity index is 0.000000234. The first-order valence-electron chi connectivity index (χ1n) is 31.7. The van der Waals surface area contributed by atoms with E-state index in [2.05, 4.69) is 46.2 Å². The maximum atomic E-state index is 11.1. The third-order valence-corrected chi connectivity index (χ3v) is 15.7. The number of aliphatic hydroxyl groups excluding tert-OH is 4. The van der Waals surface area contributed by atoms with E-state index < -0.39 is 29.8 Å². The molecule has 9 saturated heterocycles. The summed E-state index contributed by atoms with van der Waals surface area (Å²) in [5.74, 6) is 0. The van der Waals surface area contributed by atoms with Gasteiger partial charge < -0.3 is 113 Å². The highest BCUT2D eigenvalue weighted by atomic mass is 16.6. The Morgan fingerprint density at radius 1 is 0.400 bits per heavy atom. The Morgan fingerprint density at radius 2 is 0.624 bits per heavy atom. The lowest BCUT2D eigenvalue weighted by Crippen LogP contribution is -2.49. The molecule has 0 aliphatic carbocycles. The van der Waals surface area contributed by atoms with E-state index in [1.54, 1.807) is 4.90 Å². The molecule has 0 aromatic heterocycles. The second kappa shape index (κ2) is 40.9. The molecule has 0 aromatic rings. The van der Waals surface area contributed by atoms with Crippen LogP contribution in [0.1, 0.15) is 6.92 Å². The van der Waals surface area contributed by atoms with Gasteiger partial charge in [0.25, 0.3) is 0 Å². The molecule has 9 aliphatic rings. The molecule has 0 radical (unpaired) electrons. The van der Waals surface area contributed by atoms with Crippen LogP contribution in [-0.4, -0.2) is 396 Å². The molecule has 0 bridgehead atoms. The van der Waals surface area contributed by atoms with E-state index in [1.807, 2.05) is 6.92 Å². The van der Waals surface area contributed by atoms with Crippen molar-refractivity contribution in [2.75, 3.05) is 296 Å². The minimum absolute atomic E-state index is 0.147. The number of carbonyl (C=O) groups excluding carboxylic acids is 1. The first-order chi connectivity index (χ1) is 41.5. The number of nitrogens with zero attached hydrogens (tertiary/aromatic N) is 5. The van der Waals surface area contributed by atoms with Crippen molar-refractivity contribution in [3.8, 4) is 0 Å². The average molecular weight is 1220 g/mol. The van der Waals surface area contributed by atoms with Crippen molar-refractivity contribution in [2.24, 2.45) is 10.8 Å². The number of hydrogen-bond acceptors (Lipinski definition) is 27. The van der Waals surface area contributed by atoms with Gasteiger partial charge in [0, 0.05) is 157 Å². The van der Waals surface area contributed by atoms with Crippen molar-refractivity contribution in [1.82, 2.24) is 51.1 Å². The Bertz CT molecular complexity index is 1500. The Kier molecular flexibility index (Phi) is 34.0. The van der Waals surface area contributed by atoms with Crippen molar-refractivity contribution >= 4 is 6.09 Å². The summed E-state index contributed by atoms with van der Waals surface area (Å²) in [4.78, 5) is 21.7. The summed E-state index contributed by atoms with van der Waals surface area (Å²) in [6, 6.07) is 0. The minimum atomic E-state index is -0.799. The molecule has 9 aliphatic heterocycles. The zero-order chi connectivity index (χ0) is 59.6. The third-order valence-electron chi connectivity index (χ3n) is 15.7. The summed E-state index contributed by atoms with van der Waals surface area (Å²) in [6.45, 7) is 31.0. The van der Waals surface area contributed by atoms with E-state index in [-0.39, 0.29) is 88.8 Å². The van der Waals surface area contributed by atoms with Crippen LogP contribution in [0.15, 0.2) is 0 Å². The molecule has 85 heavy (non-hydrogen) atoms. The first kappa shape index (κ1) is 70.7. The SMILES string of the molecule is C(OCC(COCC1CO1)(COCC1CO1)COCC1CO1)C1CO1.CCOC(=O)N1CCNCC1.OC(COCC(COCC(O)CN1CCNCC1)(COCC(O)CN1CCNCC1)COCC(O)CN1CCNCC1)CN1CCNCC1. The van der Waals surface area contributed by atoms with E-state index in [4.69, 9.17) is 61.6 Å². The predicted molar refractivity (Wildman–Crippen MR) is 313 cm³/mol. The highest BCUT2D eigenvalue weighted by Crippen LogP contribution is 2.26. The van der Waals surface area contributed by atoms with Crippen LogP contribution in [0.25, 0.3) is 0 Å². The van der Waals surface area contributed by atoms with Gasteiger partial charge in [0.2, 0.25) is 0 Å². The molecule has 0 saturated carbocycles. The van der Waals surface area contributed by atoms with Crippen LogP contribution in [0.5, 0.6) is 0 Å². The largest absolute Gasteiger partial charge is 0.450 e. The zero-order valence-electron chi connectivity index (χ0n) is 51.2. The third kappa shape index (κ3) is 31.7. The number of piperazine rings is 5. The molecule has 9 fully saturated rings. The number of epoxide rings is 4. The number of aliphatic hydroxyl groups is 4. The molecule has 28 nitrogen and oxygen atoms in total. The van der Waals surface area contributed by atoms with Gasteiger partial charge in [-0.05, 0) is 6.92 Å². The number of hydrogen-bond donors (Lipinski definition) is 9. The van der Waals surface area contributed by atoms with Crippen molar-refractivity contribution < 1.29 is 86.8 Å². The fourth-order valence-electron chi connectivity index (χ4n) is 10.5. The molecular formula is C57H110N10O18. The molecule has 28 heteroatoms. The van der Waals surface area contributed by atoms with Crippen LogP contribution < -0.4 is 26.6 Å². The molecule has 1 amide bonds. The lowest BCUT2D eigenvalue weighted by Gasteiger charge is -2.35. The number of carbonyl (C=O) groups is 1. The summed E-state index contributed by atoms with van der Waals surface area (Å²) in [6.07, 6.45) is -1.85. The molecular weight excluding hydrogens is 1110 g/mol. The Labute approximate surface area is 504 Å². The lowest BCUT2D eigenvalue weighted by molar-refractivity contribution is -0.134. The molecule has 496 valence electrons. The first-order valence-corrected chi connectivity index (χ1v) is 31.7. The van der Waals surface area contributed by atoms with E-state index in [0.717, 1.165) is 157 Å². The predicted octanol–water partition coefficient (Wildman–Crippen LogP) is -5.21. The molecule has 8 atom stereocenters. The van der Waals surface area contributed by atoms with Crippen molar-refractivity contribution in [3.63, 3.8) is 0 Å². The maximum absolute atomic E-state index is 11.1. The lowest BCUT2D eigenvalue weighted by atomic mass is 9.92. The van der Waals surface area contributed by atoms with E-state index in [1.165, 1.54) is 0 Å². The Hall–Kier alpha value is -1.73. The van der Waals surface area contributed by atoms with Crippen molar-refractivity contribution in [1.29, 1.82) is 0 Å². The standard InChI is InChI=1S/C33H68N8O8.C17H28O8.C7H14N2O2/c42-29(17-38-9-1-34-2-10-38)21-46-25-33(26-47-22-30(43)18-39-11-3-35-4-12-39,27-48-23-31(44)19-40-13-5-36-6-14-40)28-49-24-32(45)20-41-15-7-37-8-16-41;1(13-5-22-13)18-9-17(10-19-2-14-6-23-14,11-20-3-15-7-24-15)12-21-4-16-8-25-16;1-2-11-7(10)9-5-3-8-4-6-9/h29-32,34-37,42-45H,1-28H2;13-16H,1-12H2;8H,2-6H2,1H3. The number of ether oxygens (including phenoxy) is 13. The minimum Gasteiger partial charge on any atom is -0.450 e. The van der Waals surface area contributed by atoms with Crippen LogP contribution in [0.3, 0.4) is 0 Å². The number of nitrogens with one attached hydrogen (secondary N) is 5. The van der Waals surface area contributed by atoms with Crippen LogP contribution in [-0.2, 0) is 61.6 Å². The van der Waals surface area contributed by atoms with E-state index in [0.29, 0.717) is 85.6 Å². The van der Waals surface area contributed by atoms with Gasteiger partial charge >= 0.3 is 6.09 Å². The molecule has 9 N–H and O–H groups in total. The van der Waals surface area contributed by atoms with Crippen LogP contribution in [0, 0.1) is 10.8 Å². The number of rotatable bonds is 41. The van der Waals surface area contributed by atoms with Gasteiger partial charge in [-0.15, -0.1) is 0 Å². The Morgan fingerprint density at radius 3 is 0.847 bits per heavy atom. The molecule has 8 unspecified atom stereocenters. The van der Waals surface area contributed by atoms with Gasteiger partial charge in [-0.2, -0.15) is 0 Å². The van der Waals surface area contributed by atoms with E-state index in [9.17, 15) is 25.2 Å². The smallest absolute Gasteiger partial charge is 0.409 e. The number of amides is 1. The van der Waals surface area contributed by atoms with E-state index >= 15 is 0 Å². The molecule has 9 heterocycles. The summed E-state index contributed by atoms with van der Waals surface area (Å²) in [5.41, 5.74) is -1.15. The van der Waals surface area contributed by atoms with Gasteiger partial charge in [-0.25, -0.2) is 4.79 Å². The average Bonchev–Trinajstić information content (AvgIpc) is 4.47. The summed E-state index contributed by atoms with van der Waals surface area (Å²) < 4.78 is 73.9. The highest BCUT2D eigenvalue weighted by Gasteiger charge is 2.38. The quantitative estimate of drug-likeness (QED) is 0.0259. The fourth-order valence-corrected chi connectivity index (χ4v) is 10.5. The molecule has 0 aromatic carbocycles. The monoisotopic (exact) mass is 1220 g/mol. The molecule has 9 rings (SSSR count). The van der Waals surface area contributed by atoms with Gasteiger partial charge in [-0.1, -0.05) is 0 Å². The second-order valence-corrected chi connectivity index (χ2v) is 24.2. The second-order valence-electron chi connectivity index (χ2n) is 24.2. The van der Waals surface area contributed by atoms with Crippen LogP contribution in [0.2, 0.25) is 0 Å². The van der Waals surface area contributed by atoms with Gasteiger partial charge in [0.1, 0.15) is 24.4 Å². The summed E-state index contributed by atoms with van der Waals surface area (Å²) >= 11 is 0. The fraction of sp³-hybridized carbons (Fsp3) is 0.982. The van der Waals surface area contributed by atoms with Gasteiger partial charge in [0.05, 0.1) is 174 Å². The molecule has 0 spiro atoms. The van der Waals surface area contributed by atoms with Crippen molar-refractivity contribution in [3.05, 3.63) is 0 Å². The normalized spacial score (nSPS) is 26.8. The topological polar surface area (TPSA) is 308 Å². The highest BCUT2D eigenvalue weighted by molar-refractivity contribution is 5.67. The van der Waals surface area contributed by atoms with Crippen LogP contribution >= 0.6 is 0 Å². The summed E-state index contributed by atoms with van der Waals surface area (Å²) in [5, 5.41) is 59.7.